The first kappa shape index (κ1) is 26.7. The van der Waals surface area contributed by atoms with Crippen molar-refractivity contribution >= 4 is 50.6 Å². The molecule has 0 saturated carbocycles. The number of carboxylic acid groups (broad SMARTS) is 1. The number of carbonyl (C=O) groups excluding carboxylic acids is 2. The smallest absolute Gasteiger partial charge is 0.348 e. The van der Waals surface area contributed by atoms with Crippen LogP contribution in [0.3, 0.4) is 0 Å². The molecule has 1 aromatic carbocycles. The molecule has 0 bridgehead atoms. The number of anilines is 3. The van der Waals surface area contributed by atoms with E-state index < -0.39 is 16.8 Å². The van der Waals surface area contributed by atoms with Crippen molar-refractivity contribution in [1.82, 2.24) is 4.98 Å². The van der Waals surface area contributed by atoms with Crippen LogP contribution in [-0.4, -0.2) is 39.3 Å². The van der Waals surface area contributed by atoms with Crippen LogP contribution in [0.4, 0.5) is 21.5 Å². The summed E-state index contributed by atoms with van der Waals surface area (Å²) in [6, 6.07) is 4.96. The Morgan fingerprint density at radius 1 is 1.09 bits per heavy atom. The summed E-state index contributed by atoms with van der Waals surface area (Å²) in [5, 5.41) is 28.1. The molecule has 0 aliphatic heterocycles. The molecule has 0 spiro atoms. The monoisotopic (exact) mass is 491 g/mol. The lowest BCUT2D eigenvalue weighted by molar-refractivity contribution is -0.380. The zero-order chi connectivity index (χ0) is 25.1. The number of benzene rings is 1. The third-order valence-electron chi connectivity index (χ3n) is 4.88. The number of carbonyl (C=O) groups is 3. The Hall–Kier alpha value is -3.54. The number of hydrogen-bond acceptors (Lipinski definition) is 8. The van der Waals surface area contributed by atoms with Gasteiger partial charge in [-0.1, -0.05) is 25.7 Å². The Labute approximate surface area is 201 Å². The van der Waals surface area contributed by atoms with E-state index in [9.17, 15) is 24.5 Å². The van der Waals surface area contributed by atoms with Gasteiger partial charge in [0.05, 0.1) is 16.2 Å². The first-order valence-electron chi connectivity index (χ1n) is 11.0. The predicted molar refractivity (Wildman–Crippen MR) is 131 cm³/mol. The van der Waals surface area contributed by atoms with E-state index >= 15 is 0 Å². The molecule has 0 fully saturated rings. The van der Waals surface area contributed by atoms with Gasteiger partial charge >= 0.3 is 11.0 Å². The Morgan fingerprint density at radius 3 is 2.38 bits per heavy atom. The van der Waals surface area contributed by atoms with Crippen LogP contribution < -0.4 is 16.0 Å². The number of unbranched alkanes of at least 4 members (excludes halogenated alkanes) is 5. The molecule has 2 amide bonds. The number of rotatable bonds is 14. The number of thiazole rings is 1. The van der Waals surface area contributed by atoms with Crippen molar-refractivity contribution in [1.29, 1.82) is 0 Å². The maximum absolute atomic E-state index is 12.7. The SMILES string of the molecule is CC(=O)Nc1cc(NCCCCCCCCC(=O)O)ccc1C(=O)Nc1nc(C)c([N+](=O)[O-])s1. The molecule has 0 aliphatic carbocycles. The molecule has 2 aromatic rings. The minimum absolute atomic E-state index is 0.105. The normalized spacial score (nSPS) is 10.5. The lowest BCUT2D eigenvalue weighted by Crippen LogP contribution is -2.17. The molecule has 0 saturated heterocycles. The first-order chi connectivity index (χ1) is 16.2. The summed E-state index contributed by atoms with van der Waals surface area (Å²) in [4.78, 5) is 49.3. The number of aromatic nitrogens is 1. The van der Waals surface area contributed by atoms with Crippen molar-refractivity contribution in [3.8, 4) is 0 Å². The number of aryl methyl sites for hydroxylation is 1. The molecule has 0 radical (unpaired) electrons. The highest BCUT2D eigenvalue weighted by atomic mass is 32.1. The van der Waals surface area contributed by atoms with E-state index in [-0.39, 0.29) is 33.7 Å². The van der Waals surface area contributed by atoms with Crippen LogP contribution >= 0.6 is 11.3 Å². The summed E-state index contributed by atoms with van der Waals surface area (Å²) < 4.78 is 0. The van der Waals surface area contributed by atoms with Crippen molar-refractivity contribution in [3.63, 3.8) is 0 Å². The Kier molecular flexibility index (Phi) is 10.4. The van der Waals surface area contributed by atoms with Gasteiger partial charge in [-0.05, 0) is 49.3 Å². The fourth-order valence-corrected chi connectivity index (χ4v) is 4.04. The van der Waals surface area contributed by atoms with Gasteiger partial charge in [0.25, 0.3) is 5.91 Å². The van der Waals surface area contributed by atoms with Crippen LogP contribution in [0.1, 0.15) is 67.9 Å². The molecule has 0 aliphatic rings. The maximum Gasteiger partial charge on any atom is 0.348 e. The molecule has 1 heterocycles. The molecule has 184 valence electrons. The zero-order valence-corrected chi connectivity index (χ0v) is 20.0. The van der Waals surface area contributed by atoms with Gasteiger partial charge in [0.15, 0.2) is 5.13 Å². The van der Waals surface area contributed by atoms with E-state index in [1.165, 1.54) is 13.8 Å². The molecule has 0 atom stereocenters. The van der Waals surface area contributed by atoms with Gasteiger partial charge in [-0.3, -0.25) is 29.8 Å². The zero-order valence-electron chi connectivity index (χ0n) is 19.2. The first-order valence-corrected chi connectivity index (χ1v) is 11.8. The highest BCUT2D eigenvalue weighted by molar-refractivity contribution is 7.19. The van der Waals surface area contributed by atoms with Gasteiger partial charge in [0.2, 0.25) is 5.91 Å². The predicted octanol–water partition coefficient (Wildman–Crippen LogP) is 4.80. The number of nitrogens with zero attached hydrogens (tertiary/aromatic N) is 2. The number of carboxylic acids is 1. The van der Waals surface area contributed by atoms with E-state index in [2.05, 4.69) is 20.9 Å². The van der Waals surface area contributed by atoms with Crippen LogP contribution in [0.2, 0.25) is 0 Å². The fraction of sp³-hybridized carbons (Fsp3) is 0.455. The summed E-state index contributed by atoms with van der Waals surface area (Å²) in [5.74, 6) is -1.63. The minimum atomic E-state index is -0.756. The number of nitrogens with one attached hydrogen (secondary N) is 3. The van der Waals surface area contributed by atoms with Gasteiger partial charge in [-0.25, -0.2) is 4.98 Å². The molecular weight excluding hydrogens is 462 g/mol. The largest absolute Gasteiger partial charge is 0.481 e. The third kappa shape index (κ3) is 8.77. The minimum Gasteiger partial charge on any atom is -0.481 e. The third-order valence-corrected chi connectivity index (χ3v) is 5.90. The highest BCUT2D eigenvalue weighted by Gasteiger charge is 2.20. The van der Waals surface area contributed by atoms with E-state index in [0.717, 1.165) is 49.1 Å². The molecule has 12 heteroatoms. The standard InChI is InChI=1S/C22H29N5O6S/c1-14-21(27(32)33)34-22(24-14)26-20(31)17-11-10-16(13-18(17)25-15(2)28)23-12-8-6-4-3-5-7-9-19(29)30/h10-11,13,23H,3-9,12H2,1-2H3,(H,25,28)(H,29,30)(H,24,26,31). The Balaban J connectivity index is 1.92. The lowest BCUT2D eigenvalue weighted by atomic mass is 10.1. The molecule has 11 nitrogen and oxygen atoms in total. The van der Waals surface area contributed by atoms with E-state index in [4.69, 9.17) is 5.11 Å². The summed E-state index contributed by atoms with van der Waals surface area (Å²) in [7, 11) is 0. The van der Waals surface area contributed by atoms with Crippen molar-refractivity contribution < 1.29 is 24.4 Å². The number of amides is 2. The molecule has 4 N–H and O–H groups in total. The van der Waals surface area contributed by atoms with Gasteiger partial charge in [-0.15, -0.1) is 0 Å². The molecular formula is C22H29N5O6S. The Morgan fingerprint density at radius 2 is 1.76 bits per heavy atom. The van der Waals surface area contributed by atoms with Gasteiger partial charge in [-0.2, -0.15) is 0 Å². The highest BCUT2D eigenvalue weighted by Crippen LogP contribution is 2.30. The second-order valence-electron chi connectivity index (χ2n) is 7.75. The van der Waals surface area contributed by atoms with Crippen LogP contribution in [0.5, 0.6) is 0 Å². The quantitative estimate of drug-likeness (QED) is 0.166. The van der Waals surface area contributed by atoms with Crippen molar-refractivity contribution in [2.45, 2.75) is 58.8 Å². The summed E-state index contributed by atoms with van der Waals surface area (Å²) in [6.07, 6.45) is 5.82. The summed E-state index contributed by atoms with van der Waals surface area (Å²) in [6.45, 7) is 3.54. The van der Waals surface area contributed by atoms with Crippen LogP contribution in [0.25, 0.3) is 0 Å². The number of nitro groups is 1. The number of aliphatic carboxylic acids is 1. The number of hydrogen-bond donors (Lipinski definition) is 4. The van der Waals surface area contributed by atoms with Gasteiger partial charge in [0.1, 0.15) is 5.69 Å². The van der Waals surface area contributed by atoms with Crippen molar-refractivity contribution in [2.75, 3.05) is 22.5 Å². The fourth-order valence-electron chi connectivity index (χ4n) is 3.26. The van der Waals surface area contributed by atoms with Crippen LogP contribution in [0.15, 0.2) is 18.2 Å². The maximum atomic E-state index is 12.7. The Bertz CT molecular complexity index is 1040. The van der Waals surface area contributed by atoms with E-state index in [0.29, 0.717) is 18.7 Å². The van der Waals surface area contributed by atoms with Crippen LogP contribution in [0, 0.1) is 17.0 Å². The van der Waals surface area contributed by atoms with Crippen molar-refractivity contribution in [3.05, 3.63) is 39.6 Å². The van der Waals surface area contributed by atoms with Crippen LogP contribution in [-0.2, 0) is 9.59 Å². The summed E-state index contributed by atoms with van der Waals surface area (Å²) >= 11 is 0.769. The molecule has 34 heavy (non-hydrogen) atoms. The van der Waals surface area contributed by atoms with E-state index in [1.54, 1.807) is 18.2 Å². The van der Waals surface area contributed by atoms with E-state index in [1.807, 2.05) is 0 Å². The topological polar surface area (TPSA) is 164 Å². The van der Waals surface area contributed by atoms with Crippen molar-refractivity contribution in [2.24, 2.45) is 0 Å². The molecule has 2 rings (SSSR count). The summed E-state index contributed by atoms with van der Waals surface area (Å²) in [5.41, 5.74) is 1.48. The average molecular weight is 492 g/mol. The molecule has 1 aromatic heterocycles. The lowest BCUT2D eigenvalue weighted by Gasteiger charge is -2.13. The molecule has 0 unspecified atom stereocenters. The second-order valence-corrected chi connectivity index (χ2v) is 8.73. The van der Waals surface area contributed by atoms with Gasteiger partial charge < -0.3 is 15.7 Å². The van der Waals surface area contributed by atoms with Gasteiger partial charge in [0, 0.05) is 25.6 Å². The second kappa shape index (κ2) is 13.2. The average Bonchev–Trinajstić information content (AvgIpc) is 3.12.